The van der Waals surface area contributed by atoms with Gasteiger partial charge in [0, 0.05) is 36.4 Å². The fourth-order valence-corrected chi connectivity index (χ4v) is 4.10. The average molecular weight is 377 g/mol. The molecule has 1 fully saturated rings. The predicted molar refractivity (Wildman–Crippen MR) is 107 cm³/mol. The highest BCUT2D eigenvalue weighted by Crippen LogP contribution is 2.30. The highest BCUT2D eigenvalue weighted by atomic mass is 16.2. The number of hydrogen-bond donors (Lipinski definition) is 1. The van der Waals surface area contributed by atoms with Crippen molar-refractivity contribution in [1.82, 2.24) is 0 Å². The molecule has 0 radical (unpaired) electrons. The third kappa shape index (κ3) is 3.38. The van der Waals surface area contributed by atoms with Gasteiger partial charge in [-0.15, -0.1) is 0 Å². The number of hydrogen-bond acceptors (Lipinski definition) is 3. The first-order valence-electron chi connectivity index (χ1n) is 9.66. The fourth-order valence-electron chi connectivity index (χ4n) is 4.10. The Morgan fingerprint density at radius 1 is 0.964 bits per heavy atom. The Balaban J connectivity index is 1.51. The van der Waals surface area contributed by atoms with E-state index in [1.807, 2.05) is 30.3 Å². The standard InChI is InChI=1S/C22H23N3O3/c23-22(28)18-4-1-6-19-17(18)5-2-13-25(19)21(27)14-15-8-10-16(11-9-15)24-12-3-7-20(24)26/h1,4,6,8-11H,2-3,5,7,12-14H2,(H2,23,28). The maximum Gasteiger partial charge on any atom is 0.249 e. The molecular formula is C22H23N3O3. The van der Waals surface area contributed by atoms with Crippen LogP contribution in [0.25, 0.3) is 0 Å². The number of rotatable bonds is 4. The van der Waals surface area contributed by atoms with Crippen molar-refractivity contribution in [2.24, 2.45) is 5.73 Å². The molecule has 4 rings (SSSR count). The van der Waals surface area contributed by atoms with Gasteiger partial charge in [-0.2, -0.15) is 0 Å². The number of fused-ring (bicyclic) bond motifs is 1. The summed E-state index contributed by atoms with van der Waals surface area (Å²) >= 11 is 0. The van der Waals surface area contributed by atoms with E-state index >= 15 is 0 Å². The lowest BCUT2D eigenvalue weighted by molar-refractivity contribution is -0.118. The van der Waals surface area contributed by atoms with Gasteiger partial charge in [-0.25, -0.2) is 0 Å². The van der Waals surface area contributed by atoms with Gasteiger partial charge in [-0.3, -0.25) is 14.4 Å². The summed E-state index contributed by atoms with van der Waals surface area (Å²) in [7, 11) is 0. The van der Waals surface area contributed by atoms with Crippen molar-refractivity contribution in [2.45, 2.75) is 32.1 Å². The van der Waals surface area contributed by atoms with Crippen LogP contribution in [0.4, 0.5) is 11.4 Å². The van der Waals surface area contributed by atoms with Gasteiger partial charge in [-0.1, -0.05) is 18.2 Å². The van der Waals surface area contributed by atoms with E-state index in [2.05, 4.69) is 0 Å². The summed E-state index contributed by atoms with van der Waals surface area (Å²) in [5.41, 5.74) is 9.41. The number of anilines is 2. The molecule has 2 aromatic rings. The van der Waals surface area contributed by atoms with Crippen molar-refractivity contribution in [3.8, 4) is 0 Å². The van der Waals surface area contributed by atoms with Gasteiger partial charge in [0.1, 0.15) is 0 Å². The molecule has 2 aliphatic rings. The molecule has 6 heteroatoms. The number of carbonyl (C=O) groups is 3. The van der Waals surface area contributed by atoms with E-state index < -0.39 is 5.91 Å². The van der Waals surface area contributed by atoms with Crippen molar-refractivity contribution in [1.29, 1.82) is 0 Å². The molecule has 2 N–H and O–H groups in total. The zero-order chi connectivity index (χ0) is 19.7. The van der Waals surface area contributed by atoms with E-state index in [-0.39, 0.29) is 18.2 Å². The summed E-state index contributed by atoms with van der Waals surface area (Å²) in [6, 6.07) is 13.0. The second-order valence-electron chi connectivity index (χ2n) is 7.31. The summed E-state index contributed by atoms with van der Waals surface area (Å²) in [5, 5.41) is 0. The number of nitrogens with zero attached hydrogens (tertiary/aromatic N) is 2. The second kappa shape index (κ2) is 7.46. The number of carbonyl (C=O) groups excluding carboxylic acids is 3. The topological polar surface area (TPSA) is 83.7 Å². The van der Waals surface area contributed by atoms with Crippen LogP contribution in [0.5, 0.6) is 0 Å². The van der Waals surface area contributed by atoms with Crippen LogP contribution in [0.2, 0.25) is 0 Å². The van der Waals surface area contributed by atoms with E-state index in [0.717, 1.165) is 48.3 Å². The minimum atomic E-state index is -0.460. The Morgan fingerprint density at radius 3 is 2.39 bits per heavy atom. The van der Waals surface area contributed by atoms with Crippen molar-refractivity contribution >= 4 is 29.1 Å². The molecule has 2 aliphatic heterocycles. The highest BCUT2D eigenvalue weighted by molar-refractivity contribution is 6.01. The second-order valence-corrected chi connectivity index (χ2v) is 7.31. The molecule has 0 bridgehead atoms. The molecule has 0 aromatic heterocycles. The van der Waals surface area contributed by atoms with Crippen LogP contribution in [0.3, 0.4) is 0 Å². The quantitative estimate of drug-likeness (QED) is 0.888. The van der Waals surface area contributed by atoms with Crippen LogP contribution in [0.1, 0.15) is 40.7 Å². The third-order valence-corrected chi connectivity index (χ3v) is 5.49. The van der Waals surface area contributed by atoms with Crippen LogP contribution in [-0.4, -0.2) is 30.8 Å². The van der Waals surface area contributed by atoms with Gasteiger partial charge >= 0.3 is 0 Å². The fraction of sp³-hybridized carbons (Fsp3) is 0.318. The number of benzene rings is 2. The molecule has 1 saturated heterocycles. The minimum absolute atomic E-state index is 0.00688. The molecule has 3 amide bonds. The first-order chi connectivity index (χ1) is 13.5. The Labute approximate surface area is 163 Å². The van der Waals surface area contributed by atoms with Crippen LogP contribution in [0, 0.1) is 0 Å². The minimum Gasteiger partial charge on any atom is -0.366 e. The van der Waals surface area contributed by atoms with E-state index in [1.54, 1.807) is 21.9 Å². The van der Waals surface area contributed by atoms with E-state index in [1.165, 1.54) is 0 Å². The van der Waals surface area contributed by atoms with Crippen LogP contribution in [0.15, 0.2) is 42.5 Å². The first-order valence-corrected chi connectivity index (χ1v) is 9.66. The monoisotopic (exact) mass is 377 g/mol. The lowest BCUT2D eigenvalue weighted by Gasteiger charge is -2.30. The summed E-state index contributed by atoms with van der Waals surface area (Å²) in [5.74, 6) is -0.315. The van der Waals surface area contributed by atoms with Crippen molar-refractivity contribution in [3.05, 3.63) is 59.2 Å². The highest BCUT2D eigenvalue weighted by Gasteiger charge is 2.26. The molecule has 0 spiro atoms. The normalized spacial score (nSPS) is 16.2. The molecule has 28 heavy (non-hydrogen) atoms. The van der Waals surface area contributed by atoms with Gasteiger partial charge < -0.3 is 15.5 Å². The van der Waals surface area contributed by atoms with Crippen LogP contribution < -0.4 is 15.5 Å². The van der Waals surface area contributed by atoms with Gasteiger partial charge in [0.2, 0.25) is 17.7 Å². The number of nitrogens with two attached hydrogens (primary N) is 1. The Kier molecular flexibility index (Phi) is 4.86. The van der Waals surface area contributed by atoms with Gasteiger partial charge in [-0.05, 0) is 54.7 Å². The predicted octanol–water partition coefficient (Wildman–Crippen LogP) is 2.43. The van der Waals surface area contributed by atoms with Gasteiger partial charge in [0.05, 0.1) is 6.42 Å². The average Bonchev–Trinajstić information content (AvgIpc) is 3.13. The van der Waals surface area contributed by atoms with Crippen molar-refractivity contribution in [3.63, 3.8) is 0 Å². The maximum atomic E-state index is 12.9. The number of primary amides is 1. The molecule has 0 aliphatic carbocycles. The third-order valence-electron chi connectivity index (χ3n) is 5.49. The molecule has 6 nitrogen and oxygen atoms in total. The summed E-state index contributed by atoms with van der Waals surface area (Å²) in [6.07, 6.45) is 3.31. The molecule has 0 saturated carbocycles. The molecule has 144 valence electrons. The van der Waals surface area contributed by atoms with Gasteiger partial charge in [0.15, 0.2) is 0 Å². The maximum absolute atomic E-state index is 12.9. The van der Waals surface area contributed by atoms with Crippen LogP contribution in [-0.2, 0) is 22.4 Å². The van der Waals surface area contributed by atoms with E-state index in [9.17, 15) is 14.4 Å². The molecule has 2 heterocycles. The Morgan fingerprint density at radius 2 is 1.71 bits per heavy atom. The largest absolute Gasteiger partial charge is 0.366 e. The molecular weight excluding hydrogens is 354 g/mol. The summed E-state index contributed by atoms with van der Waals surface area (Å²) in [6.45, 7) is 1.39. The summed E-state index contributed by atoms with van der Waals surface area (Å²) < 4.78 is 0. The molecule has 2 aromatic carbocycles. The van der Waals surface area contributed by atoms with E-state index in [0.29, 0.717) is 18.5 Å². The number of amides is 3. The lowest BCUT2D eigenvalue weighted by atomic mass is 9.95. The smallest absolute Gasteiger partial charge is 0.249 e. The Bertz CT molecular complexity index is 937. The molecule has 0 atom stereocenters. The molecule has 0 unspecified atom stereocenters. The zero-order valence-corrected chi connectivity index (χ0v) is 15.7. The summed E-state index contributed by atoms with van der Waals surface area (Å²) in [4.78, 5) is 40.1. The van der Waals surface area contributed by atoms with Crippen molar-refractivity contribution in [2.75, 3.05) is 22.9 Å². The Hall–Kier alpha value is -3.15. The SMILES string of the molecule is NC(=O)c1cccc2c1CCCN2C(=O)Cc1ccc(N2CCCC2=O)cc1. The van der Waals surface area contributed by atoms with Crippen molar-refractivity contribution < 1.29 is 14.4 Å². The van der Waals surface area contributed by atoms with E-state index in [4.69, 9.17) is 5.73 Å². The zero-order valence-electron chi connectivity index (χ0n) is 15.7. The first kappa shape index (κ1) is 18.2. The lowest BCUT2D eigenvalue weighted by Crippen LogP contribution is -2.37. The van der Waals surface area contributed by atoms with Crippen LogP contribution >= 0.6 is 0 Å². The van der Waals surface area contributed by atoms with Gasteiger partial charge in [0.25, 0.3) is 0 Å².